The van der Waals surface area contributed by atoms with Gasteiger partial charge in [0.2, 0.25) is 0 Å². The Bertz CT molecular complexity index is 1620. The summed E-state index contributed by atoms with van der Waals surface area (Å²) in [5, 5.41) is 11.5. The Morgan fingerprint density at radius 2 is 1.07 bits per heavy atom. The van der Waals surface area contributed by atoms with Crippen LogP contribution in [-0.2, 0) is 10.8 Å². The molecule has 0 heterocycles. The Balaban J connectivity index is 2.00. The molecule has 0 radical (unpaired) electrons. The highest BCUT2D eigenvalue weighted by atomic mass is 16.5. The molecule has 4 heteroatoms. The van der Waals surface area contributed by atoms with Gasteiger partial charge in [-0.25, -0.2) is 0 Å². The maximum Gasteiger partial charge on any atom is 0.123 e. The van der Waals surface area contributed by atoms with Crippen molar-refractivity contribution in [3.63, 3.8) is 0 Å². The van der Waals surface area contributed by atoms with E-state index in [0.717, 1.165) is 56.2 Å². The average molecular weight is 589 g/mol. The minimum absolute atomic E-state index is 0.161. The summed E-state index contributed by atoms with van der Waals surface area (Å²) in [4.78, 5) is 0. The van der Waals surface area contributed by atoms with Crippen molar-refractivity contribution >= 4 is 5.57 Å². The molecule has 228 valence electrons. The summed E-state index contributed by atoms with van der Waals surface area (Å²) >= 11 is 0. The molecule has 4 rings (SSSR count). The zero-order chi connectivity index (χ0) is 32.1. The monoisotopic (exact) mass is 588 g/mol. The number of phenolic OH excluding ortho intramolecular Hbond substituents is 1. The Labute approximate surface area is 263 Å². The van der Waals surface area contributed by atoms with Gasteiger partial charge in [-0.1, -0.05) is 95.9 Å². The second-order valence-electron chi connectivity index (χ2n) is 13.0. The molecular formula is C40H44O4. The lowest BCUT2D eigenvalue weighted by Crippen LogP contribution is -2.18. The van der Waals surface area contributed by atoms with Gasteiger partial charge < -0.3 is 19.3 Å². The molecule has 0 amide bonds. The van der Waals surface area contributed by atoms with Crippen LogP contribution in [0.15, 0.2) is 91.0 Å². The molecule has 0 aliphatic rings. The van der Waals surface area contributed by atoms with E-state index in [1.807, 2.05) is 60.7 Å². The molecule has 1 N–H and O–H groups in total. The van der Waals surface area contributed by atoms with E-state index in [0.29, 0.717) is 5.75 Å². The third kappa shape index (κ3) is 7.66. The van der Waals surface area contributed by atoms with Crippen LogP contribution < -0.4 is 14.2 Å². The molecule has 1 unspecified atom stereocenters. The van der Waals surface area contributed by atoms with E-state index in [1.54, 1.807) is 21.3 Å². The Hall–Kier alpha value is -4.62. The summed E-state index contributed by atoms with van der Waals surface area (Å²) in [5.74, 6) is 9.41. The largest absolute Gasteiger partial charge is 0.507 e. The molecule has 0 saturated heterocycles. The SMILES string of the molecule is COc1ccc(C#CC(=CC(c2ccc(OC)cc2)c2cc(C(C)(C)C)c(O)c(C(C)(C)C)c2)c2ccc(OC)cc2)cc1. The predicted molar refractivity (Wildman–Crippen MR) is 181 cm³/mol. The fraction of sp³-hybridized carbons (Fsp3) is 0.300. The Morgan fingerprint density at radius 3 is 1.50 bits per heavy atom. The second kappa shape index (κ2) is 13.3. The summed E-state index contributed by atoms with van der Waals surface area (Å²) < 4.78 is 16.3. The van der Waals surface area contributed by atoms with Crippen LogP contribution in [0, 0.1) is 11.8 Å². The quantitative estimate of drug-likeness (QED) is 0.219. The minimum Gasteiger partial charge on any atom is -0.507 e. The first kappa shape index (κ1) is 32.3. The van der Waals surface area contributed by atoms with Crippen molar-refractivity contribution in [3.05, 3.63) is 124 Å². The van der Waals surface area contributed by atoms with E-state index in [9.17, 15) is 5.11 Å². The van der Waals surface area contributed by atoms with Crippen molar-refractivity contribution < 1.29 is 19.3 Å². The van der Waals surface area contributed by atoms with Gasteiger partial charge in [0, 0.05) is 17.1 Å². The van der Waals surface area contributed by atoms with Gasteiger partial charge in [-0.2, -0.15) is 0 Å². The molecule has 0 aromatic heterocycles. The number of hydrogen-bond acceptors (Lipinski definition) is 4. The smallest absolute Gasteiger partial charge is 0.123 e. The van der Waals surface area contributed by atoms with Gasteiger partial charge in [-0.3, -0.25) is 0 Å². The number of ether oxygens (including phenoxy) is 3. The molecule has 0 fully saturated rings. The van der Waals surface area contributed by atoms with Crippen molar-refractivity contribution in [1.82, 2.24) is 0 Å². The molecule has 1 atom stereocenters. The number of rotatable bonds is 7. The number of allylic oxidation sites excluding steroid dienone is 2. The number of methoxy groups -OCH3 is 3. The molecule has 0 aliphatic heterocycles. The van der Waals surface area contributed by atoms with E-state index in [2.05, 4.69) is 83.7 Å². The zero-order valence-corrected chi connectivity index (χ0v) is 27.4. The van der Waals surface area contributed by atoms with Crippen LogP contribution in [0.2, 0.25) is 0 Å². The molecule has 0 saturated carbocycles. The summed E-state index contributed by atoms with van der Waals surface area (Å²) in [6.45, 7) is 12.8. The number of hydrogen-bond donors (Lipinski definition) is 1. The number of phenols is 1. The van der Waals surface area contributed by atoms with Gasteiger partial charge in [0.1, 0.15) is 23.0 Å². The van der Waals surface area contributed by atoms with Gasteiger partial charge in [0.15, 0.2) is 0 Å². The summed E-state index contributed by atoms with van der Waals surface area (Å²) in [7, 11) is 5.00. The molecule has 4 nitrogen and oxygen atoms in total. The topological polar surface area (TPSA) is 47.9 Å². The minimum atomic E-state index is -0.263. The first-order chi connectivity index (χ1) is 20.8. The molecule has 0 aliphatic carbocycles. The lowest BCUT2D eigenvalue weighted by atomic mass is 9.76. The lowest BCUT2D eigenvalue weighted by Gasteiger charge is -2.29. The summed E-state index contributed by atoms with van der Waals surface area (Å²) in [6, 6.07) is 28.2. The molecule has 44 heavy (non-hydrogen) atoms. The van der Waals surface area contributed by atoms with Crippen molar-refractivity contribution in [3.8, 4) is 34.8 Å². The van der Waals surface area contributed by atoms with Gasteiger partial charge in [-0.15, -0.1) is 0 Å². The van der Waals surface area contributed by atoms with E-state index < -0.39 is 0 Å². The lowest BCUT2D eigenvalue weighted by molar-refractivity contribution is 0.414. The van der Waals surface area contributed by atoms with E-state index in [-0.39, 0.29) is 16.7 Å². The van der Waals surface area contributed by atoms with Gasteiger partial charge >= 0.3 is 0 Å². The normalized spacial score (nSPS) is 12.6. The first-order valence-corrected chi connectivity index (χ1v) is 14.9. The van der Waals surface area contributed by atoms with Crippen molar-refractivity contribution in [2.75, 3.05) is 21.3 Å². The number of aromatic hydroxyl groups is 1. The summed E-state index contributed by atoms with van der Waals surface area (Å²) in [6.07, 6.45) is 2.23. The molecule has 4 aromatic carbocycles. The molecular weight excluding hydrogens is 544 g/mol. The highest BCUT2D eigenvalue weighted by molar-refractivity contribution is 5.81. The highest BCUT2D eigenvalue weighted by Crippen LogP contribution is 2.43. The molecule has 4 aromatic rings. The van der Waals surface area contributed by atoms with Crippen molar-refractivity contribution in [2.24, 2.45) is 0 Å². The van der Waals surface area contributed by atoms with Crippen molar-refractivity contribution in [1.29, 1.82) is 0 Å². The van der Waals surface area contributed by atoms with Gasteiger partial charge in [0.05, 0.1) is 21.3 Å². The maximum absolute atomic E-state index is 11.5. The predicted octanol–water partition coefficient (Wildman–Crippen LogP) is 9.28. The third-order valence-electron chi connectivity index (χ3n) is 7.75. The van der Waals surface area contributed by atoms with Crippen LogP contribution in [0.3, 0.4) is 0 Å². The standard InChI is InChI=1S/C40H44O4/c1-39(2,3)36-25-31(26-37(38(36)41)40(4,5)6)35(29-16-22-34(44-9)23-17-29)24-30(28-14-20-33(43-8)21-15-28)13-10-27-11-18-32(42-7)19-12-27/h11-12,14-26,35,41H,1-9H3. The van der Waals surface area contributed by atoms with Crippen LogP contribution in [0.4, 0.5) is 0 Å². The second-order valence-corrected chi connectivity index (χ2v) is 13.0. The molecule has 0 bridgehead atoms. The fourth-order valence-corrected chi connectivity index (χ4v) is 5.14. The Kier molecular flexibility index (Phi) is 9.80. The van der Waals surface area contributed by atoms with E-state index >= 15 is 0 Å². The third-order valence-corrected chi connectivity index (χ3v) is 7.75. The van der Waals surface area contributed by atoms with Gasteiger partial charge in [0.25, 0.3) is 0 Å². The van der Waals surface area contributed by atoms with Crippen LogP contribution in [-0.4, -0.2) is 26.4 Å². The van der Waals surface area contributed by atoms with Crippen molar-refractivity contribution in [2.45, 2.75) is 58.3 Å². The average Bonchev–Trinajstić information content (AvgIpc) is 3.01. The number of benzene rings is 4. The van der Waals surface area contributed by atoms with E-state index in [1.165, 1.54) is 0 Å². The zero-order valence-electron chi connectivity index (χ0n) is 27.4. The van der Waals surface area contributed by atoms with E-state index in [4.69, 9.17) is 14.2 Å². The Morgan fingerprint density at radius 1 is 0.636 bits per heavy atom. The van der Waals surface area contributed by atoms with Gasteiger partial charge in [-0.05, 0) is 87.2 Å². The fourth-order valence-electron chi connectivity index (χ4n) is 5.14. The first-order valence-electron chi connectivity index (χ1n) is 14.9. The maximum atomic E-state index is 11.5. The molecule has 0 spiro atoms. The van der Waals surface area contributed by atoms with Crippen LogP contribution in [0.1, 0.15) is 80.8 Å². The summed E-state index contributed by atoms with van der Waals surface area (Å²) in [5.41, 5.74) is 6.24. The van der Waals surface area contributed by atoms with Crippen LogP contribution in [0.25, 0.3) is 5.57 Å². The highest BCUT2D eigenvalue weighted by Gasteiger charge is 2.28. The van der Waals surface area contributed by atoms with Crippen LogP contribution >= 0.6 is 0 Å². The van der Waals surface area contributed by atoms with Crippen LogP contribution in [0.5, 0.6) is 23.0 Å².